The molecule has 2 aromatic carbocycles. The minimum absolute atomic E-state index is 0.782. The first-order valence-corrected chi connectivity index (χ1v) is 7.12. The molecule has 0 atom stereocenters. The fraction of sp³-hybridized carbons (Fsp3) is 0.250. The predicted octanol–water partition coefficient (Wildman–Crippen LogP) is 3.97. The van der Waals surface area contributed by atoms with Crippen LogP contribution in [0.25, 0.3) is 0 Å². The number of nitrogens with two attached hydrogens (primary N) is 1. The SMILES string of the molecule is Cc1ccc(CN(C)Cc2ccc(N)c(Br)c2)cc1. The second-order valence-corrected chi connectivity index (χ2v) is 5.87. The molecule has 2 aromatic rings. The van der Waals surface area contributed by atoms with Crippen LogP contribution in [0.4, 0.5) is 5.69 Å². The van der Waals surface area contributed by atoms with Gasteiger partial charge in [-0.15, -0.1) is 0 Å². The van der Waals surface area contributed by atoms with Crippen LogP contribution in [0.5, 0.6) is 0 Å². The number of halogens is 1. The summed E-state index contributed by atoms with van der Waals surface area (Å²) in [5.41, 5.74) is 10.5. The maximum absolute atomic E-state index is 5.80. The Kier molecular flexibility index (Phi) is 4.61. The molecule has 2 nitrogen and oxygen atoms in total. The van der Waals surface area contributed by atoms with Gasteiger partial charge in [0, 0.05) is 23.2 Å². The summed E-state index contributed by atoms with van der Waals surface area (Å²) in [5.74, 6) is 0. The maximum Gasteiger partial charge on any atom is 0.0458 e. The van der Waals surface area contributed by atoms with Gasteiger partial charge in [0.15, 0.2) is 0 Å². The first kappa shape index (κ1) is 14.1. The van der Waals surface area contributed by atoms with E-state index in [0.717, 1.165) is 23.2 Å². The van der Waals surface area contributed by atoms with E-state index in [9.17, 15) is 0 Å². The monoisotopic (exact) mass is 318 g/mol. The molecule has 2 rings (SSSR count). The number of aryl methyl sites for hydroxylation is 1. The van der Waals surface area contributed by atoms with Gasteiger partial charge in [-0.2, -0.15) is 0 Å². The molecule has 0 aliphatic heterocycles. The van der Waals surface area contributed by atoms with Gasteiger partial charge in [-0.3, -0.25) is 4.90 Å². The van der Waals surface area contributed by atoms with Gasteiger partial charge in [-0.25, -0.2) is 0 Å². The Labute approximate surface area is 123 Å². The van der Waals surface area contributed by atoms with Gasteiger partial charge in [0.25, 0.3) is 0 Å². The van der Waals surface area contributed by atoms with E-state index in [-0.39, 0.29) is 0 Å². The molecule has 0 heterocycles. The van der Waals surface area contributed by atoms with E-state index >= 15 is 0 Å². The van der Waals surface area contributed by atoms with Crippen LogP contribution in [0.3, 0.4) is 0 Å². The number of rotatable bonds is 4. The zero-order valence-electron chi connectivity index (χ0n) is 11.4. The highest BCUT2D eigenvalue weighted by atomic mass is 79.9. The summed E-state index contributed by atoms with van der Waals surface area (Å²) in [6, 6.07) is 14.8. The Balaban J connectivity index is 1.98. The molecule has 0 saturated carbocycles. The summed E-state index contributed by atoms with van der Waals surface area (Å²) >= 11 is 3.47. The Morgan fingerprint density at radius 2 is 1.58 bits per heavy atom. The van der Waals surface area contributed by atoms with Crippen molar-refractivity contribution in [2.75, 3.05) is 12.8 Å². The molecule has 0 saturated heterocycles. The number of anilines is 1. The molecule has 0 amide bonds. The van der Waals surface area contributed by atoms with E-state index < -0.39 is 0 Å². The van der Waals surface area contributed by atoms with Crippen molar-refractivity contribution in [2.24, 2.45) is 0 Å². The molecular formula is C16H19BrN2. The minimum atomic E-state index is 0.782. The molecule has 0 aromatic heterocycles. The van der Waals surface area contributed by atoms with Crippen molar-refractivity contribution in [3.05, 3.63) is 63.6 Å². The number of hydrogen-bond acceptors (Lipinski definition) is 2. The highest BCUT2D eigenvalue weighted by molar-refractivity contribution is 9.10. The number of nitrogens with zero attached hydrogens (tertiary/aromatic N) is 1. The number of nitrogen functional groups attached to an aromatic ring is 1. The van der Waals surface area contributed by atoms with Crippen molar-refractivity contribution >= 4 is 21.6 Å². The molecule has 2 N–H and O–H groups in total. The van der Waals surface area contributed by atoms with Gasteiger partial charge in [-0.1, -0.05) is 35.9 Å². The lowest BCUT2D eigenvalue weighted by Crippen LogP contribution is -2.17. The normalized spacial score (nSPS) is 10.9. The molecule has 0 spiro atoms. The van der Waals surface area contributed by atoms with E-state index in [2.05, 4.69) is 71.2 Å². The Hall–Kier alpha value is -1.32. The Morgan fingerprint density at radius 1 is 1.00 bits per heavy atom. The zero-order valence-corrected chi connectivity index (χ0v) is 12.9. The quantitative estimate of drug-likeness (QED) is 0.864. The minimum Gasteiger partial charge on any atom is -0.398 e. The summed E-state index contributed by atoms with van der Waals surface area (Å²) in [7, 11) is 2.13. The van der Waals surface area contributed by atoms with Crippen molar-refractivity contribution in [3.8, 4) is 0 Å². The second-order valence-electron chi connectivity index (χ2n) is 5.01. The average Bonchev–Trinajstić information content (AvgIpc) is 2.37. The van der Waals surface area contributed by atoms with E-state index in [1.165, 1.54) is 16.7 Å². The van der Waals surface area contributed by atoms with Crippen LogP contribution in [-0.4, -0.2) is 11.9 Å². The Morgan fingerprint density at radius 3 is 2.21 bits per heavy atom. The van der Waals surface area contributed by atoms with Gasteiger partial charge in [0.05, 0.1) is 0 Å². The van der Waals surface area contributed by atoms with Gasteiger partial charge < -0.3 is 5.73 Å². The largest absolute Gasteiger partial charge is 0.398 e. The summed E-state index contributed by atoms with van der Waals surface area (Å²) in [5, 5.41) is 0. The molecule has 0 aliphatic rings. The lowest BCUT2D eigenvalue weighted by atomic mass is 10.1. The van der Waals surface area contributed by atoms with Crippen molar-refractivity contribution < 1.29 is 0 Å². The molecule has 0 bridgehead atoms. The van der Waals surface area contributed by atoms with E-state index in [4.69, 9.17) is 5.73 Å². The van der Waals surface area contributed by atoms with Gasteiger partial charge >= 0.3 is 0 Å². The first-order valence-electron chi connectivity index (χ1n) is 6.32. The lowest BCUT2D eigenvalue weighted by molar-refractivity contribution is 0.319. The highest BCUT2D eigenvalue weighted by Gasteiger charge is 2.03. The molecule has 3 heteroatoms. The smallest absolute Gasteiger partial charge is 0.0458 e. The van der Waals surface area contributed by atoms with Crippen LogP contribution in [0.15, 0.2) is 46.9 Å². The fourth-order valence-electron chi connectivity index (χ4n) is 2.04. The molecule has 0 radical (unpaired) electrons. The second kappa shape index (κ2) is 6.22. The van der Waals surface area contributed by atoms with Crippen LogP contribution in [0.1, 0.15) is 16.7 Å². The van der Waals surface area contributed by atoms with Crippen LogP contribution in [0, 0.1) is 6.92 Å². The first-order chi connectivity index (χ1) is 9.04. The lowest BCUT2D eigenvalue weighted by Gasteiger charge is -2.17. The van der Waals surface area contributed by atoms with Crippen LogP contribution >= 0.6 is 15.9 Å². The van der Waals surface area contributed by atoms with Crippen molar-refractivity contribution in [1.82, 2.24) is 4.90 Å². The molecular weight excluding hydrogens is 300 g/mol. The van der Waals surface area contributed by atoms with Crippen molar-refractivity contribution in [1.29, 1.82) is 0 Å². The summed E-state index contributed by atoms with van der Waals surface area (Å²) in [6.45, 7) is 3.97. The van der Waals surface area contributed by atoms with Gasteiger partial charge in [0.1, 0.15) is 0 Å². The zero-order chi connectivity index (χ0) is 13.8. The molecule has 0 fully saturated rings. The van der Waals surface area contributed by atoms with E-state index in [0.29, 0.717) is 0 Å². The third-order valence-corrected chi connectivity index (χ3v) is 3.78. The number of benzene rings is 2. The summed E-state index contributed by atoms with van der Waals surface area (Å²) < 4.78 is 0.966. The maximum atomic E-state index is 5.80. The average molecular weight is 319 g/mol. The van der Waals surface area contributed by atoms with Crippen molar-refractivity contribution in [3.63, 3.8) is 0 Å². The molecule has 19 heavy (non-hydrogen) atoms. The van der Waals surface area contributed by atoms with E-state index in [1.54, 1.807) is 0 Å². The molecule has 100 valence electrons. The topological polar surface area (TPSA) is 29.3 Å². The third kappa shape index (κ3) is 4.08. The number of hydrogen-bond donors (Lipinski definition) is 1. The molecule has 0 aliphatic carbocycles. The van der Waals surface area contributed by atoms with Crippen molar-refractivity contribution in [2.45, 2.75) is 20.0 Å². The predicted molar refractivity (Wildman–Crippen MR) is 84.9 cm³/mol. The summed E-state index contributed by atoms with van der Waals surface area (Å²) in [6.07, 6.45) is 0. The van der Waals surface area contributed by atoms with E-state index in [1.807, 2.05) is 6.07 Å². The fourth-order valence-corrected chi connectivity index (χ4v) is 2.47. The van der Waals surface area contributed by atoms with Gasteiger partial charge in [0.2, 0.25) is 0 Å². The highest BCUT2D eigenvalue weighted by Crippen LogP contribution is 2.21. The Bertz CT molecular complexity index is 549. The standard InChI is InChI=1S/C16H19BrN2/c1-12-3-5-13(6-4-12)10-19(2)11-14-7-8-16(18)15(17)9-14/h3-9H,10-11,18H2,1-2H3. The van der Waals surface area contributed by atoms with Crippen LogP contribution < -0.4 is 5.73 Å². The summed E-state index contributed by atoms with van der Waals surface area (Å²) in [4.78, 5) is 2.29. The van der Waals surface area contributed by atoms with Crippen LogP contribution in [-0.2, 0) is 13.1 Å². The third-order valence-electron chi connectivity index (χ3n) is 3.09. The van der Waals surface area contributed by atoms with Gasteiger partial charge in [-0.05, 0) is 53.2 Å². The molecule has 0 unspecified atom stereocenters. The van der Waals surface area contributed by atoms with Crippen LogP contribution in [0.2, 0.25) is 0 Å².